The van der Waals surface area contributed by atoms with Gasteiger partial charge in [-0.25, -0.2) is 4.79 Å². The predicted molar refractivity (Wildman–Crippen MR) is 81.2 cm³/mol. The number of nitrogens with zero attached hydrogens (tertiary/aromatic N) is 1. The second-order valence-corrected chi connectivity index (χ2v) is 5.32. The lowest BCUT2D eigenvalue weighted by molar-refractivity contribution is 0.187. The Bertz CT molecular complexity index is 442. The van der Waals surface area contributed by atoms with Gasteiger partial charge in [0.05, 0.1) is 7.11 Å². The first-order valence-electron chi connectivity index (χ1n) is 7.05. The maximum Gasteiger partial charge on any atom is 0.411 e. The first-order chi connectivity index (χ1) is 9.67. The molecule has 5 nitrogen and oxygen atoms in total. The van der Waals surface area contributed by atoms with Gasteiger partial charge >= 0.3 is 6.09 Å². The Kier molecular flexibility index (Phi) is 5.24. The molecule has 0 aromatic heterocycles. The fourth-order valence-corrected chi connectivity index (χ4v) is 2.40. The summed E-state index contributed by atoms with van der Waals surface area (Å²) in [6.07, 6.45) is 2.03. The van der Waals surface area contributed by atoms with Crippen molar-refractivity contribution in [3.63, 3.8) is 0 Å². The molecule has 0 aliphatic carbocycles. The van der Waals surface area contributed by atoms with Crippen molar-refractivity contribution in [2.45, 2.75) is 12.8 Å². The summed E-state index contributed by atoms with van der Waals surface area (Å²) in [6, 6.07) is 7.70. The predicted octanol–water partition coefficient (Wildman–Crippen LogP) is 2.62. The molecule has 1 aromatic carbocycles. The monoisotopic (exact) mass is 277 g/mol. The largest absolute Gasteiger partial charge is 0.453 e. The lowest BCUT2D eigenvalue weighted by atomic mass is 9.97. The minimum absolute atomic E-state index is 0.447. The fourth-order valence-electron chi connectivity index (χ4n) is 2.40. The second kappa shape index (κ2) is 7.14. The van der Waals surface area contributed by atoms with Crippen LogP contribution >= 0.6 is 0 Å². The minimum atomic E-state index is -0.447. The maximum atomic E-state index is 11.2. The molecule has 1 fully saturated rings. The van der Waals surface area contributed by atoms with Gasteiger partial charge in [-0.15, -0.1) is 0 Å². The Balaban J connectivity index is 1.83. The molecule has 110 valence electrons. The fraction of sp³-hybridized carbons (Fsp3) is 0.533. The number of ether oxygens (including phenoxy) is 1. The van der Waals surface area contributed by atoms with Gasteiger partial charge in [0.25, 0.3) is 0 Å². The lowest BCUT2D eigenvalue weighted by Gasteiger charge is -2.29. The number of nitrogens with one attached hydrogen (secondary N) is 2. The van der Waals surface area contributed by atoms with E-state index in [0.29, 0.717) is 0 Å². The van der Waals surface area contributed by atoms with E-state index in [4.69, 9.17) is 0 Å². The van der Waals surface area contributed by atoms with Crippen molar-refractivity contribution in [3.05, 3.63) is 24.3 Å². The summed E-state index contributed by atoms with van der Waals surface area (Å²) < 4.78 is 4.58. The van der Waals surface area contributed by atoms with Crippen LogP contribution in [0, 0.1) is 5.92 Å². The Hall–Kier alpha value is -1.75. The first kappa shape index (κ1) is 14.7. The Morgan fingerprint density at radius 2 is 2.05 bits per heavy atom. The molecule has 20 heavy (non-hydrogen) atoms. The topological polar surface area (TPSA) is 53.6 Å². The third-order valence-corrected chi connectivity index (χ3v) is 3.73. The van der Waals surface area contributed by atoms with Crippen LogP contribution in [0.4, 0.5) is 16.2 Å². The van der Waals surface area contributed by atoms with E-state index in [2.05, 4.69) is 27.3 Å². The van der Waals surface area contributed by atoms with Crippen LogP contribution in [0.15, 0.2) is 24.3 Å². The minimum Gasteiger partial charge on any atom is -0.453 e. The van der Waals surface area contributed by atoms with Gasteiger partial charge in [0, 0.05) is 17.9 Å². The standard InChI is InChI=1S/C15H23N3O2/c1-18-8-6-12(7-9-18)11-16-13-4-3-5-14(10-13)17-15(19)20-2/h3-5,10,12,16H,6-9,11H2,1-2H3,(H,17,19). The van der Waals surface area contributed by atoms with Crippen molar-refractivity contribution in [2.24, 2.45) is 5.92 Å². The van der Waals surface area contributed by atoms with Crippen LogP contribution in [0.2, 0.25) is 0 Å². The number of piperidine rings is 1. The van der Waals surface area contributed by atoms with Gasteiger partial charge in [0.2, 0.25) is 0 Å². The summed E-state index contributed by atoms with van der Waals surface area (Å²) in [5, 5.41) is 6.12. The van der Waals surface area contributed by atoms with Crippen LogP contribution in [-0.4, -0.2) is 44.8 Å². The molecule has 0 atom stereocenters. The average Bonchev–Trinajstić information content (AvgIpc) is 2.47. The third kappa shape index (κ3) is 4.42. The van der Waals surface area contributed by atoms with Crippen molar-refractivity contribution in [3.8, 4) is 0 Å². The summed E-state index contributed by atoms with van der Waals surface area (Å²) in [6.45, 7) is 3.34. The zero-order valence-corrected chi connectivity index (χ0v) is 12.2. The molecule has 1 aliphatic rings. The molecule has 1 aliphatic heterocycles. The second-order valence-electron chi connectivity index (χ2n) is 5.32. The van der Waals surface area contributed by atoms with Gasteiger partial charge < -0.3 is 15.0 Å². The van der Waals surface area contributed by atoms with E-state index < -0.39 is 6.09 Å². The summed E-state index contributed by atoms with van der Waals surface area (Å²) in [5.41, 5.74) is 1.77. The van der Waals surface area contributed by atoms with Gasteiger partial charge in [-0.05, 0) is 57.1 Å². The number of likely N-dealkylation sites (tertiary alicyclic amines) is 1. The summed E-state index contributed by atoms with van der Waals surface area (Å²) in [7, 11) is 3.53. The van der Waals surface area contributed by atoms with E-state index in [1.165, 1.54) is 33.0 Å². The molecular formula is C15H23N3O2. The Labute approximate surface area is 120 Å². The molecule has 0 unspecified atom stereocenters. The van der Waals surface area contributed by atoms with Crippen LogP contribution in [-0.2, 0) is 4.74 Å². The molecule has 0 saturated carbocycles. The molecular weight excluding hydrogens is 254 g/mol. The molecule has 2 rings (SSSR count). The number of carbonyl (C=O) groups is 1. The summed E-state index contributed by atoms with van der Waals surface area (Å²) >= 11 is 0. The van der Waals surface area contributed by atoms with Gasteiger partial charge in [-0.1, -0.05) is 6.07 Å². The SMILES string of the molecule is COC(=O)Nc1cccc(NCC2CCN(C)CC2)c1. The quantitative estimate of drug-likeness (QED) is 0.888. The molecule has 1 aromatic rings. The molecule has 2 N–H and O–H groups in total. The van der Waals surface area contributed by atoms with E-state index >= 15 is 0 Å². The highest BCUT2D eigenvalue weighted by Gasteiger charge is 2.16. The van der Waals surface area contributed by atoms with E-state index in [-0.39, 0.29) is 0 Å². The number of amides is 1. The van der Waals surface area contributed by atoms with Crippen molar-refractivity contribution >= 4 is 17.5 Å². The molecule has 0 spiro atoms. The number of hydrogen-bond acceptors (Lipinski definition) is 4. The highest BCUT2D eigenvalue weighted by molar-refractivity contribution is 5.85. The van der Waals surface area contributed by atoms with Crippen LogP contribution < -0.4 is 10.6 Å². The van der Waals surface area contributed by atoms with E-state index in [0.717, 1.165) is 23.8 Å². The zero-order chi connectivity index (χ0) is 14.4. The van der Waals surface area contributed by atoms with Crippen molar-refractivity contribution in [1.82, 2.24) is 4.90 Å². The van der Waals surface area contributed by atoms with Gasteiger partial charge in [0.15, 0.2) is 0 Å². The highest BCUT2D eigenvalue weighted by Crippen LogP contribution is 2.19. The zero-order valence-electron chi connectivity index (χ0n) is 12.2. The van der Waals surface area contributed by atoms with E-state index in [1.54, 1.807) is 0 Å². The van der Waals surface area contributed by atoms with Crippen molar-refractivity contribution in [2.75, 3.05) is 44.4 Å². The number of methoxy groups -OCH3 is 1. The van der Waals surface area contributed by atoms with E-state index in [9.17, 15) is 4.79 Å². The van der Waals surface area contributed by atoms with Crippen LogP contribution in [0.3, 0.4) is 0 Å². The summed E-state index contributed by atoms with van der Waals surface area (Å²) in [4.78, 5) is 13.5. The first-order valence-corrected chi connectivity index (χ1v) is 7.05. The lowest BCUT2D eigenvalue weighted by Crippen LogP contribution is -2.32. The van der Waals surface area contributed by atoms with Gasteiger partial charge in [-0.3, -0.25) is 5.32 Å². The van der Waals surface area contributed by atoms with Crippen LogP contribution in [0.1, 0.15) is 12.8 Å². The summed E-state index contributed by atoms with van der Waals surface area (Å²) in [5.74, 6) is 0.725. The number of benzene rings is 1. The molecule has 1 heterocycles. The number of anilines is 2. The maximum absolute atomic E-state index is 11.2. The molecule has 1 saturated heterocycles. The van der Waals surface area contributed by atoms with Crippen LogP contribution in [0.25, 0.3) is 0 Å². The third-order valence-electron chi connectivity index (χ3n) is 3.73. The average molecular weight is 277 g/mol. The van der Waals surface area contributed by atoms with E-state index in [1.807, 2.05) is 24.3 Å². The Morgan fingerprint density at radius 3 is 2.75 bits per heavy atom. The highest BCUT2D eigenvalue weighted by atomic mass is 16.5. The number of carbonyl (C=O) groups excluding carboxylic acids is 1. The van der Waals surface area contributed by atoms with Crippen molar-refractivity contribution < 1.29 is 9.53 Å². The molecule has 1 amide bonds. The molecule has 0 radical (unpaired) electrons. The normalized spacial score (nSPS) is 16.7. The smallest absolute Gasteiger partial charge is 0.411 e. The van der Waals surface area contributed by atoms with Crippen LogP contribution in [0.5, 0.6) is 0 Å². The molecule has 0 bridgehead atoms. The molecule has 5 heteroatoms. The van der Waals surface area contributed by atoms with Gasteiger partial charge in [-0.2, -0.15) is 0 Å². The number of rotatable bonds is 4. The van der Waals surface area contributed by atoms with Gasteiger partial charge in [0.1, 0.15) is 0 Å². The van der Waals surface area contributed by atoms with Crippen molar-refractivity contribution in [1.29, 1.82) is 0 Å². The number of hydrogen-bond donors (Lipinski definition) is 2. The Morgan fingerprint density at radius 1 is 1.35 bits per heavy atom.